The zero-order valence-corrected chi connectivity index (χ0v) is 18.8. The molecule has 0 radical (unpaired) electrons. The van der Waals surface area contributed by atoms with Crippen LogP contribution >= 0.6 is 0 Å². The maximum absolute atomic E-state index is 11.9. The van der Waals surface area contributed by atoms with Crippen LogP contribution in [-0.2, 0) is 14.2 Å². The molecule has 0 bridgehead atoms. The molecule has 2 heterocycles. The second-order valence-electron chi connectivity index (χ2n) is 8.20. The van der Waals surface area contributed by atoms with Gasteiger partial charge in [0.25, 0.3) is 0 Å². The Hall–Kier alpha value is -2.07. The van der Waals surface area contributed by atoms with Crippen LogP contribution in [0.15, 0.2) is 6.07 Å². The van der Waals surface area contributed by atoms with Crippen LogP contribution < -0.4 is 9.47 Å². The molecule has 9 atom stereocenters. The number of benzene rings is 1. The number of methoxy groups -OCH3 is 1. The third-order valence-electron chi connectivity index (χ3n) is 5.83. The van der Waals surface area contributed by atoms with Gasteiger partial charge in [0, 0.05) is 11.6 Å². The molecule has 13 heteroatoms. The Morgan fingerprint density at radius 1 is 1.00 bits per heavy atom. The first-order chi connectivity index (χ1) is 16.0. The summed E-state index contributed by atoms with van der Waals surface area (Å²) in [4.78, 5) is 11.9. The molecule has 0 unspecified atom stereocenters. The molecule has 0 amide bonds. The van der Waals surface area contributed by atoms with E-state index in [1.165, 1.54) is 27.0 Å². The van der Waals surface area contributed by atoms with E-state index >= 15 is 0 Å². The van der Waals surface area contributed by atoms with E-state index in [4.69, 9.17) is 23.7 Å². The van der Waals surface area contributed by atoms with E-state index in [1.54, 1.807) is 0 Å². The van der Waals surface area contributed by atoms with E-state index in [0.29, 0.717) is 0 Å². The lowest BCUT2D eigenvalue weighted by molar-refractivity contribution is -0.307. The van der Waals surface area contributed by atoms with Crippen molar-refractivity contribution in [2.45, 2.75) is 69.2 Å². The van der Waals surface area contributed by atoms with Crippen LogP contribution in [0, 0.1) is 6.92 Å². The number of carbonyl (C=O) groups is 1. The predicted octanol–water partition coefficient (Wildman–Crippen LogP) is -2.45. The van der Waals surface area contributed by atoms with Gasteiger partial charge in [-0.25, -0.2) is 0 Å². The zero-order valence-electron chi connectivity index (χ0n) is 18.8. The number of rotatable bonds is 7. The number of ether oxygens (including phenoxy) is 5. The minimum Gasteiger partial charge on any atom is -0.507 e. The quantitative estimate of drug-likeness (QED) is 0.199. The molecule has 0 aromatic heterocycles. The van der Waals surface area contributed by atoms with Gasteiger partial charge in [0.05, 0.1) is 20.3 Å². The second-order valence-corrected chi connectivity index (χ2v) is 8.20. The SMILES string of the molecule is COc1cc(O[C@@H]2O[C@H](CO[C@@H]3OC[C@@H](O)[C@H](O)[C@H]3O)[C@@H](O)[C@H](O)[C@H]2O)c(C)c(O)c1C(C)=O. The minimum atomic E-state index is -1.72. The van der Waals surface area contributed by atoms with Crippen molar-refractivity contribution in [1.29, 1.82) is 0 Å². The predicted molar refractivity (Wildman–Crippen MR) is 110 cm³/mol. The number of ketones is 1. The summed E-state index contributed by atoms with van der Waals surface area (Å²) in [5.74, 6) is -0.842. The van der Waals surface area contributed by atoms with Crippen molar-refractivity contribution in [3.63, 3.8) is 0 Å². The van der Waals surface area contributed by atoms with Gasteiger partial charge in [-0.15, -0.1) is 0 Å². The summed E-state index contributed by atoms with van der Waals surface area (Å²) in [7, 11) is 1.29. The van der Waals surface area contributed by atoms with Gasteiger partial charge in [0.1, 0.15) is 65.5 Å². The summed E-state index contributed by atoms with van der Waals surface area (Å²) in [6.07, 6.45) is -13.6. The lowest BCUT2D eigenvalue weighted by Crippen LogP contribution is -2.61. The van der Waals surface area contributed by atoms with Crippen molar-refractivity contribution in [3.05, 3.63) is 17.2 Å². The Kier molecular flexibility index (Phi) is 8.34. The minimum absolute atomic E-state index is 0.0144. The summed E-state index contributed by atoms with van der Waals surface area (Å²) in [6, 6.07) is 1.31. The third-order valence-corrected chi connectivity index (χ3v) is 5.83. The summed E-state index contributed by atoms with van der Waals surface area (Å²) in [5, 5.41) is 70.6. The zero-order chi connectivity index (χ0) is 25.3. The molecule has 0 aliphatic carbocycles. The lowest BCUT2D eigenvalue weighted by atomic mass is 9.99. The largest absolute Gasteiger partial charge is 0.507 e. The molecule has 2 aliphatic rings. The van der Waals surface area contributed by atoms with Crippen molar-refractivity contribution < 1.29 is 64.2 Å². The number of hydrogen-bond donors (Lipinski definition) is 7. The van der Waals surface area contributed by atoms with E-state index < -0.39 is 73.4 Å². The van der Waals surface area contributed by atoms with Gasteiger partial charge in [0.15, 0.2) is 12.1 Å². The van der Waals surface area contributed by atoms with E-state index in [-0.39, 0.29) is 29.2 Å². The standard InChI is InChI=1S/C21H30O13/c1-7-10(4-11(30-3)13(8(2)22)14(7)24)33-21-19(29)17(27)16(26)12(34-21)6-32-20-18(28)15(25)9(23)5-31-20/h4,9,12,15-21,23-29H,5-6H2,1-3H3/t9-,12-,15+,16-,17+,18-,19-,20+,21-/m1/s1. The highest BCUT2D eigenvalue weighted by atomic mass is 16.7. The van der Waals surface area contributed by atoms with Crippen molar-refractivity contribution in [2.75, 3.05) is 20.3 Å². The van der Waals surface area contributed by atoms with E-state index in [1.807, 2.05) is 0 Å². The second kappa shape index (κ2) is 10.7. The van der Waals surface area contributed by atoms with Gasteiger partial charge in [-0.3, -0.25) is 4.79 Å². The summed E-state index contributed by atoms with van der Waals surface area (Å²) < 4.78 is 26.8. The fourth-order valence-corrected chi connectivity index (χ4v) is 3.74. The lowest BCUT2D eigenvalue weighted by Gasteiger charge is -2.41. The van der Waals surface area contributed by atoms with Gasteiger partial charge in [-0.1, -0.05) is 0 Å². The van der Waals surface area contributed by atoms with E-state index in [9.17, 15) is 40.5 Å². The first kappa shape index (κ1) is 26.5. The molecule has 2 aliphatic heterocycles. The Labute approximate surface area is 194 Å². The van der Waals surface area contributed by atoms with Gasteiger partial charge in [0.2, 0.25) is 6.29 Å². The molecule has 34 heavy (non-hydrogen) atoms. The van der Waals surface area contributed by atoms with Gasteiger partial charge >= 0.3 is 0 Å². The Morgan fingerprint density at radius 2 is 1.65 bits per heavy atom. The first-order valence-electron chi connectivity index (χ1n) is 10.5. The maximum Gasteiger partial charge on any atom is 0.229 e. The highest BCUT2D eigenvalue weighted by molar-refractivity contribution is 6.00. The first-order valence-corrected chi connectivity index (χ1v) is 10.5. The Balaban J connectivity index is 1.75. The van der Waals surface area contributed by atoms with Crippen LogP contribution in [0.3, 0.4) is 0 Å². The molecule has 2 saturated heterocycles. The van der Waals surface area contributed by atoms with E-state index in [0.717, 1.165) is 0 Å². The van der Waals surface area contributed by atoms with Crippen molar-refractivity contribution >= 4 is 5.78 Å². The molecule has 13 nitrogen and oxygen atoms in total. The van der Waals surface area contributed by atoms with Crippen molar-refractivity contribution in [2.24, 2.45) is 0 Å². The molecule has 2 fully saturated rings. The van der Waals surface area contributed by atoms with Crippen LogP contribution in [0.4, 0.5) is 0 Å². The van der Waals surface area contributed by atoms with Crippen LogP contribution in [0.5, 0.6) is 17.2 Å². The Morgan fingerprint density at radius 3 is 2.26 bits per heavy atom. The van der Waals surface area contributed by atoms with Gasteiger partial charge < -0.3 is 59.4 Å². The molecule has 1 aromatic carbocycles. The van der Waals surface area contributed by atoms with Crippen molar-refractivity contribution in [1.82, 2.24) is 0 Å². The number of phenolic OH excluding ortho intramolecular Hbond substituents is 1. The molecule has 7 N–H and O–H groups in total. The number of aliphatic hydroxyl groups is 6. The molecular formula is C21H30O13. The fraction of sp³-hybridized carbons (Fsp3) is 0.667. The van der Waals surface area contributed by atoms with E-state index in [2.05, 4.69) is 0 Å². The van der Waals surface area contributed by atoms with Crippen LogP contribution in [0.1, 0.15) is 22.8 Å². The monoisotopic (exact) mass is 490 g/mol. The molecule has 192 valence electrons. The topological polar surface area (TPSA) is 205 Å². The smallest absolute Gasteiger partial charge is 0.229 e. The third kappa shape index (κ3) is 5.12. The highest BCUT2D eigenvalue weighted by Crippen LogP contribution is 2.39. The molecule has 0 spiro atoms. The number of Topliss-reactive ketones (excluding diaryl/α,β-unsaturated/α-hetero) is 1. The average Bonchev–Trinajstić information content (AvgIpc) is 2.80. The van der Waals surface area contributed by atoms with Crippen LogP contribution in [0.2, 0.25) is 0 Å². The number of carbonyl (C=O) groups excluding carboxylic acids is 1. The summed E-state index contributed by atoms with van der Waals surface area (Å²) in [5.41, 5.74) is 0.0824. The number of aliphatic hydroxyl groups excluding tert-OH is 6. The molecule has 1 aromatic rings. The number of phenols is 1. The number of aromatic hydroxyl groups is 1. The summed E-state index contributed by atoms with van der Waals surface area (Å²) in [6.45, 7) is 1.96. The van der Waals surface area contributed by atoms with Gasteiger partial charge in [-0.05, 0) is 13.8 Å². The fourth-order valence-electron chi connectivity index (χ4n) is 3.74. The van der Waals surface area contributed by atoms with Crippen LogP contribution in [0.25, 0.3) is 0 Å². The average molecular weight is 490 g/mol. The van der Waals surface area contributed by atoms with Crippen LogP contribution in [-0.4, -0.2) is 117 Å². The Bertz CT molecular complexity index is 877. The van der Waals surface area contributed by atoms with Gasteiger partial charge in [-0.2, -0.15) is 0 Å². The highest BCUT2D eigenvalue weighted by Gasteiger charge is 2.46. The maximum atomic E-state index is 11.9. The molecular weight excluding hydrogens is 460 g/mol. The molecule has 0 saturated carbocycles. The molecule has 3 rings (SSSR count). The van der Waals surface area contributed by atoms with Crippen molar-refractivity contribution in [3.8, 4) is 17.2 Å². The summed E-state index contributed by atoms with van der Waals surface area (Å²) >= 11 is 0. The number of hydrogen-bond acceptors (Lipinski definition) is 13. The normalized spacial score (nSPS) is 36.2.